The molecular weight excluding hydrogens is 310 g/mol. The lowest BCUT2D eigenvalue weighted by Gasteiger charge is -2.14. The number of hydrogen-bond donors (Lipinski definition) is 1. The summed E-state index contributed by atoms with van der Waals surface area (Å²) in [5, 5.41) is 3.66. The van der Waals surface area contributed by atoms with Gasteiger partial charge in [0.25, 0.3) is 5.91 Å². The van der Waals surface area contributed by atoms with Crippen LogP contribution in [0, 0.1) is 34.6 Å². The van der Waals surface area contributed by atoms with E-state index in [1.807, 2.05) is 46.8 Å². The van der Waals surface area contributed by atoms with Gasteiger partial charge >= 0.3 is 0 Å². The van der Waals surface area contributed by atoms with E-state index in [2.05, 4.69) is 17.4 Å². The average Bonchev–Trinajstić information content (AvgIpc) is 2.46. The van der Waals surface area contributed by atoms with Crippen LogP contribution in [0.2, 0.25) is 5.02 Å². The summed E-state index contributed by atoms with van der Waals surface area (Å²) in [6.45, 7) is 9.82. The Morgan fingerprint density at radius 2 is 1.48 bits per heavy atom. The molecule has 0 radical (unpaired) electrons. The molecule has 3 nitrogen and oxygen atoms in total. The van der Waals surface area contributed by atoms with Gasteiger partial charge in [-0.3, -0.25) is 4.79 Å². The Kier molecular flexibility index (Phi) is 5.32. The van der Waals surface area contributed by atoms with E-state index in [1.165, 1.54) is 5.56 Å². The van der Waals surface area contributed by atoms with Crippen molar-refractivity contribution >= 4 is 23.2 Å². The maximum atomic E-state index is 12.1. The lowest BCUT2D eigenvalue weighted by atomic mass is 10.1. The summed E-state index contributed by atoms with van der Waals surface area (Å²) >= 11 is 6.13. The molecule has 0 saturated carbocycles. The molecule has 1 N–H and O–H groups in total. The van der Waals surface area contributed by atoms with Crippen LogP contribution in [0.5, 0.6) is 5.75 Å². The molecule has 122 valence electrons. The van der Waals surface area contributed by atoms with Gasteiger partial charge in [-0.2, -0.15) is 0 Å². The van der Waals surface area contributed by atoms with Crippen LogP contribution in [0.25, 0.3) is 0 Å². The average molecular weight is 332 g/mol. The molecule has 2 aromatic rings. The Morgan fingerprint density at radius 1 is 0.957 bits per heavy atom. The van der Waals surface area contributed by atoms with Gasteiger partial charge < -0.3 is 10.1 Å². The monoisotopic (exact) mass is 331 g/mol. The summed E-state index contributed by atoms with van der Waals surface area (Å²) in [6, 6.07) is 7.78. The van der Waals surface area contributed by atoms with E-state index >= 15 is 0 Å². The van der Waals surface area contributed by atoms with Crippen molar-refractivity contribution in [2.45, 2.75) is 34.6 Å². The van der Waals surface area contributed by atoms with Gasteiger partial charge in [0, 0.05) is 10.7 Å². The summed E-state index contributed by atoms with van der Waals surface area (Å²) in [5.74, 6) is 0.474. The minimum Gasteiger partial charge on any atom is -0.484 e. The zero-order valence-corrected chi connectivity index (χ0v) is 15.0. The molecule has 2 rings (SSSR count). The number of carbonyl (C=O) groups excluding carboxylic acids is 1. The van der Waals surface area contributed by atoms with Crippen LogP contribution >= 0.6 is 11.6 Å². The van der Waals surface area contributed by atoms with E-state index < -0.39 is 0 Å². The molecule has 0 unspecified atom stereocenters. The van der Waals surface area contributed by atoms with E-state index in [1.54, 1.807) is 0 Å². The fraction of sp³-hybridized carbons (Fsp3) is 0.316. The molecule has 0 spiro atoms. The van der Waals surface area contributed by atoms with E-state index in [9.17, 15) is 4.79 Å². The maximum Gasteiger partial charge on any atom is 0.262 e. The summed E-state index contributed by atoms with van der Waals surface area (Å²) in [6.07, 6.45) is 0. The quantitative estimate of drug-likeness (QED) is 0.865. The number of hydrogen-bond acceptors (Lipinski definition) is 2. The molecule has 0 bridgehead atoms. The number of anilines is 1. The number of halogens is 1. The molecule has 4 heteroatoms. The van der Waals surface area contributed by atoms with E-state index in [0.717, 1.165) is 33.0 Å². The summed E-state index contributed by atoms with van der Waals surface area (Å²) in [5.41, 5.74) is 6.01. The fourth-order valence-electron chi connectivity index (χ4n) is 2.69. The second-order valence-corrected chi connectivity index (χ2v) is 6.36. The van der Waals surface area contributed by atoms with Crippen molar-refractivity contribution in [3.8, 4) is 5.75 Å². The summed E-state index contributed by atoms with van der Waals surface area (Å²) < 4.78 is 5.59. The van der Waals surface area contributed by atoms with Crippen LogP contribution in [-0.2, 0) is 4.79 Å². The number of amides is 1. The normalized spacial score (nSPS) is 10.5. The van der Waals surface area contributed by atoms with E-state index in [-0.39, 0.29) is 12.5 Å². The van der Waals surface area contributed by atoms with E-state index in [0.29, 0.717) is 5.75 Å². The topological polar surface area (TPSA) is 38.3 Å². The number of ether oxygens (including phenoxy) is 1. The van der Waals surface area contributed by atoms with Gasteiger partial charge in [-0.1, -0.05) is 29.3 Å². The zero-order chi connectivity index (χ0) is 17.1. The standard InChI is InChI=1S/C19H22ClNO2/c1-11-6-14(4)19(15(5)7-11)21-17(22)10-23-16-8-12(2)18(20)13(3)9-16/h6-9H,10H2,1-5H3,(H,21,22). The number of aryl methyl sites for hydroxylation is 5. The van der Waals surface area contributed by atoms with Gasteiger partial charge in [-0.15, -0.1) is 0 Å². The van der Waals surface area contributed by atoms with Gasteiger partial charge in [0.2, 0.25) is 0 Å². The van der Waals surface area contributed by atoms with Crippen LogP contribution < -0.4 is 10.1 Å². The van der Waals surface area contributed by atoms with Gasteiger partial charge in [0.05, 0.1) is 0 Å². The molecule has 0 fully saturated rings. The lowest BCUT2D eigenvalue weighted by molar-refractivity contribution is -0.118. The first-order valence-corrected chi connectivity index (χ1v) is 7.93. The molecule has 23 heavy (non-hydrogen) atoms. The SMILES string of the molecule is Cc1cc(C)c(NC(=O)COc2cc(C)c(Cl)c(C)c2)c(C)c1. The third-order valence-corrected chi connectivity index (χ3v) is 4.32. The number of benzene rings is 2. The zero-order valence-electron chi connectivity index (χ0n) is 14.2. The highest BCUT2D eigenvalue weighted by molar-refractivity contribution is 6.32. The summed E-state index contributed by atoms with van der Waals surface area (Å²) in [7, 11) is 0. The maximum absolute atomic E-state index is 12.1. The molecule has 0 saturated heterocycles. The van der Waals surface area contributed by atoms with Crippen molar-refractivity contribution in [3.63, 3.8) is 0 Å². The van der Waals surface area contributed by atoms with Gasteiger partial charge in [-0.25, -0.2) is 0 Å². The van der Waals surface area contributed by atoms with Crippen molar-refractivity contribution in [1.29, 1.82) is 0 Å². The number of carbonyl (C=O) groups is 1. The Labute approximate surface area is 142 Å². The molecule has 2 aromatic carbocycles. The van der Waals surface area contributed by atoms with Crippen LogP contribution in [0.3, 0.4) is 0 Å². The first-order chi connectivity index (χ1) is 10.8. The molecule has 0 aromatic heterocycles. The predicted molar refractivity (Wildman–Crippen MR) is 95.7 cm³/mol. The fourth-order valence-corrected chi connectivity index (χ4v) is 2.80. The highest BCUT2D eigenvalue weighted by atomic mass is 35.5. The summed E-state index contributed by atoms with van der Waals surface area (Å²) in [4.78, 5) is 12.1. The van der Waals surface area contributed by atoms with Crippen LogP contribution in [0.15, 0.2) is 24.3 Å². The minimum absolute atomic E-state index is 0.0345. The first-order valence-electron chi connectivity index (χ1n) is 7.55. The molecule has 0 heterocycles. The van der Waals surface area contributed by atoms with Crippen molar-refractivity contribution in [3.05, 3.63) is 57.1 Å². The highest BCUT2D eigenvalue weighted by Gasteiger charge is 2.10. The van der Waals surface area contributed by atoms with Gasteiger partial charge in [-0.05, 0) is 69.0 Å². The largest absolute Gasteiger partial charge is 0.484 e. The lowest BCUT2D eigenvalue weighted by Crippen LogP contribution is -2.21. The third kappa shape index (κ3) is 4.26. The molecule has 0 aliphatic heterocycles. The van der Waals surface area contributed by atoms with Crippen molar-refractivity contribution < 1.29 is 9.53 Å². The van der Waals surface area contributed by atoms with Crippen LogP contribution in [0.4, 0.5) is 5.69 Å². The first kappa shape index (κ1) is 17.4. The smallest absolute Gasteiger partial charge is 0.262 e. The molecule has 0 aliphatic carbocycles. The predicted octanol–water partition coefficient (Wildman–Crippen LogP) is 4.90. The van der Waals surface area contributed by atoms with Crippen LogP contribution in [-0.4, -0.2) is 12.5 Å². The van der Waals surface area contributed by atoms with E-state index in [4.69, 9.17) is 16.3 Å². The minimum atomic E-state index is -0.176. The molecule has 1 amide bonds. The van der Waals surface area contributed by atoms with Crippen molar-refractivity contribution in [1.82, 2.24) is 0 Å². The van der Waals surface area contributed by atoms with Crippen LogP contribution in [0.1, 0.15) is 27.8 Å². The highest BCUT2D eigenvalue weighted by Crippen LogP contribution is 2.26. The second-order valence-electron chi connectivity index (χ2n) is 5.98. The number of nitrogens with one attached hydrogen (secondary N) is 1. The molecule has 0 atom stereocenters. The Morgan fingerprint density at radius 3 is 2.00 bits per heavy atom. The second kappa shape index (κ2) is 7.05. The Balaban J connectivity index is 2.04. The molecule has 0 aliphatic rings. The third-order valence-electron chi connectivity index (χ3n) is 3.72. The Hall–Kier alpha value is -2.00. The van der Waals surface area contributed by atoms with Crippen molar-refractivity contribution in [2.24, 2.45) is 0 Å². The van der Waals surface area contributed by atoms with Gasteiger partial charge in [0.1, 0.15) is 5.75 Å². The Bertz CT molecular complexity index is 707. The molecular formula is C19H22ClNO2. The number of rotatable bonds is 4. The van der Waals surface area contributed by atoms with Crippen molar-refractivity contribution in [2.75, 3.05) is 11.9 Å². The van der Waals surface area contributed by atoms with Gasteiger partial charge in [0.15, 0.2) is 6.61 Å².